The SMILES string of the molecule is Brc1ccsc1CNc1cccc(-n2cccc2)c1. The predicted molar refractivity (Wildman–Crippen MR) is 85.1 cm³/mol. The van der Waals surface area contributed by atoms with Gasteiger partial charge in [-0.05, 0) is 57.7 Å². The second-order valence-electron chi connectivity index (χ2n) is 4.19. The third-order valence-corrected chi connectivity index (χ3v) is 4.82. The van der Waals surface area contributed by atoms with Crippen molar-refractivity contribution in [2.45, 2.75) is 6.54 Å². The Morgan fingerprint density at radius 2 is 1.95 bits per heavy atom. The van der Waals surface area contributed by atoms with Crippen molar-refractivity contribution in [1.29, 1.82) is 0 Å². The molecule has 0 bridgehead atoms. The van der Waals surface area contributed by atoms with Crippen molar-refractivity contribution in [2.24, 2.45) is 0 Å². The van der Waals surface area contributed by atoms with Crippen LogP contribution in [0.1, 0.15) is 4.88 Å². The Balaban J connectivity index is 1.75. The molecular weight excluding hydrogens is 320 g/mol. The summed E-state index contributed by atoms with van der Waals surface area (Å²) in [5.41, 5.74) is 2.30. The molecule has 96 valence electrons. The number of aromatic nitrogens is 1. The molecule has 0 amide bonds. The maximum Gasteiger partial charge on any atom is 0.0505 e. The molecule has 3 rings (SSSR count). The van der Waals surface area contributed by atoms with Crippen LogP contribution in [0, 0.1) is 0 Å². The van der Waals surface area contributed by atoms with Crippen LogP contribution in [0.4, 0.5) is 5.69 Å². The summed E-state index contributed by atoms with van der Waals surface area (Å²) in [7, 11) is 0. The van der Waals surface area contributed by atoms with Crippen LogP contribution >= 0.6 is 27.3 Å². The smallest absolute Gasteiger partial charge is 0.0505 e. The van der Waals surface area contributed by atoms with E-state index in [4.69, 9.17) is 0 Å². The van der Waals surface area contributed by atoms with Gasteiger partial charge >= 0.3 is 0 Å². The number of hydrogen-bond donors (Lipinski definition) is 1. The number of benzene rings is 1. The van der Waals surface area contributed by atoms with Crippen LogP contribution in [0.15, 0.2) is 64.7 Å². The zero-order valence-electron chi connectivity index (χ0n) is 10.2. The molecule has 0 saturated carbocycles. The summed E-state index contributed by atoms with van der Waals surface area (Å²) < 4.78 is 3.28. The first-order valence-electron chi connectivity index (χ1n) is 6.02. The molecule has 0 radical (unpaired) electrons. The normalized spacial score (nSPS) is 10.6. The van der Waals surface area contributed by atoms with Crippen LogP contribution in [0.5, 0.6) is 0 Å². The molecule has 0 unspecified atom stereocenters. The maximum absolute atomic E-state index is 3.55. The second kappa shape index (κ2) is 5.63. The Hall–Kier alpha value is -1.52. The molecule has 2 nitrogen and oxygen atoms in total. The van der Waals surface area contributed by atoms with Gasteiger partial charge in [-0.15, -0.1) is 11.3 Å². The number of hydrogen-bond acceptors (Lipinski definition) is 2. The van der Waals surface area contributed by atoms with E-state index in [1.165, 1.54) is 15.0 Å². The van der Waals surface area contributed by atoms with E-state index >= 15 is 0 Å². The zero-order chi connectivity index (χ0) is 13.1. The zero-order valence-corrected chi connectivity index (χ0v) is 12.6. The van der Waals surface area contributed by atoms with Crippen LogP contribution in [0.3, 0.4) is 0 Å². The molecular formula is C15H13BrN2S. The van der Waals surface area contributed by atoms with Crippen molar-refractivity contribution < 1.29 is 0 Å². The van der Waals surface area contributed by atoms with Gasteiger partial charge in [-0.2, -0.15) is 0 Å². The van der Waals surface area contributed by atoms with Crippen molar-refractivity contribution in [3.63, 3.8) is 0 Å². The average molecular weight is 333 g/mol. The van der Waals surface area contributed by atoms with Crippen molar-refractivity contribution in [3.8, 4) is 5.69 Å². The Kier molecular flexibility index (Phi) is 3.71. The van der Waals surface area contributed by atoms with Gasteiger partial charge in [-0.3, -0.25) is 0 Å². The van der Waals surface area contributed by atoms with E-state index in [-0.39, 0.29) is 0 Å². The van der Waals surface area contributed by atoms with E-state index < -0.39 is 0 Å². The summed E-state index contributed by atoms with van der Waals surface area (Å²) in [5.74, 6) is 0. The summed E-state index contributed by atoms with van der Waals surface area (Å²) in [5, 5.41) is 5.55. The summed E-state index contributed by atoms with van der Waals surface area (Å²) in [4.78, 5) is 1.31. The number of rotatable bonds is 4. The molecule has 2 heterocycles. The molecule has 0 aliphatic carbocycles. The highest BCUT2D eigenvalue weighted by Gasteiger charge is 2.02. The van der Waals surface area contributed by atoms with E-state index in [2.05, 4.69) is 73.9 Å². The van der Waals surface area contributed by atoms with Crippen molar-refractivity contribution >= 4 is 33.0 Å². The molecule has 1 aromatic carbocycles. The van der Waals surface area contributed by atoms with Gasteiger partial charge in [0, 0.05) is 33.1 Å². The minimum absolute atomic E-state index is 0.841. The molecule has 0 fully saturated rings. The van der Waals surface area contributed by atoms with Gasteiger partial charge in [0.25, 0.3) is 0 Å². The second-order valence-corrected chi connectivity index (χ2v) is 6.04. The number of nitrogens with one attached hydrogen (secondary N) is 1. The number of anilines is 1. The molecule has 0 saturated heterocycles. The summed E-state index contributed by atoms with van der Waals surface area (Å²) in [6.07, 6.45) is 4.10. The molecule has 0 aliphatic heterocycles. The quantitative estimate of drug-likeness (QED) is 0.718. The molecule has 1 N–H and O–H groups in total. The minimum Gasteiger partial charge on any atom is -0.380 e. The Bertz CT molecular complexity index is 658. The predicted octanol–water partition coefficient (Wildman–Crippen LogP) is 4.91. The van der Waals surface area contributed by atoms with E-state index in [1.807, 2.05) is 12.1 Å². The van der Waals surface area contributed by atoms with Crippen LogP contribution in [0.25, 0.3) is 5.69 Å². The number of thiophene rings is 1. The molecule has 0 aliphatic rings. The van der Waals surface area contributed by atoms with Gasteiger partial charge < -0.3 is 9.88 Å². The van der Waals surface area contributed by atoms with Gasteiger partial charge in [0.15, 0.2) is 0 Å². The molecule has 3 aromatic rings. The van der Waals surface area contributed by atoms with E-state index in [1.54, 1.807) is 11.3 Å². The van der Waals surface area contributed by atoms with E-state index in [0.29, 0.717) is 0 Å². The lowest BCUT2D eigenvalue weighted by atomic mass is 10.2. The van der Waals surface area contributed by atoms with Crippen molar-refractivity contribution in [3.05, 3.63) is 69.6 Å². The van der Waals surface area contributed by atoms with Crippen LogP contribution in [-0.2, 0) is 6.54 Å². The monoisotopic (exact) mass is 332 g/mol. The topological polar surface area (TPSA) is 17.0 Å². The van der Waals surface area contributed by atoms with Crippen LogP contribution in [-0.4, -0.2) is 4.57 Å². The van der Waals surface area contributed by atoms with Gasteiger partial charge in [0.2, 0.25) is 0 Å². The average Bonchev–Trinajstić information content (AvgIpc) is 3.08. The maximum atomic E-state index is 3.55. The third-order valence-electron chi connectivity index (χ3n) is 2.89. The van der Waals surface area contributed by atoms with E-state index in [0.717, 1.165) is 12.2 Å². The molecule has 0 atom stereocenters. The van der Waals surface area contributed by atoms with Crippen molar-refractivity contribution in [1.82, 2.24) is 4.57 Å². The van der Waals surface area contributed by atoms with Gasteiger partial charge in [0.1, 0.15) is 0 Å². The summed E-state index contributed by atoms with van der Waals surface area (Å²) in [6.45, 7) is 0.841. The minimum atomic E-state index is 0.841. The molecule has 2 aromatic heterocycles. The lowest BCUT2D eigenvalue weighted by Crippen LogP contribution is -1.99. The highest BCUT2D eigenvalue weighted by Crippen LogP contribution is 2.24. The Morgan fingerprint density at radius 3 is 2.68 bits per heavy atom. The lowest BCUT2D eigenvalue weighted by molar-refractivity contribution is 1.08. The number of halogens is 1. The van der Waals surface area contributed by atoms with Crippen molar-refractivity contribution in [2.75, 3.05) is 5.32 Å². The first-order valence-corrected chi connectivity index (χ1v) is 7.69. The fourth-order valence-electron chi connectivity index (χ4n) is 1.92. The van der Waals surface area contributed by atoms with E-state index in [9.17, 15) is 0 Å². The first-order chi connectivity index (χ1) is 9.33. The van der Waals surface area contributed by atoms with Crippen LogP contribution in [0.2, 0.25) is 0 Å². The lowest BCUT2D eigenvalue weighted by Gasteiger charge is -2.08. The summed E-state index contributed by atoms with van der Waals surface area (Å²) >= 11 is 5.31. The highest BCUT2D eigenvalue weighted by atomic mass is 79.9. The first kappa shape index (κ1) is 12.5. The van der Waals surface area contributed by atoms with Gasteiger partial charge in [-0.1, -0.05) is 6.07 Å². The van der Waals surface area contributed by atoms with Crippen LogP contribution < -0.4 is 5.32 Å². The molecule has 0 spiro atoms. The highest BCUT2D eigenvalue weighted by molar-refractivity contribution is 9.10. The fraction of sp³-hybridized carbons (Fsp3) is 0.0667. The molecule has 19 heavy (non-hydrogen) atoms. The van der Waals surface area contributed by atoms with Gasteiger partial charge in [0.05, 0.1) is 6.54 Å². The van der Waals surface area contributed by atoms with Gasteiger partial charge in [-0.25, -0.2) is 0 Å². The third kappa shape index (κ3) is 2.91. The Morgan fingerprint density at radius 1 is 1.11 bits per heavy atom. The Labute approximate surface area is 124 Å². The fourth-order valence-corrected chi connectivity index (χ4v) is 3.35. The largest absolute Gasteiger partial charge is 0.380 e. The number of nitrogens with zero attached hydrogens (tertiary/aromatic N) is 1. The summed E-state index contributed by atoms with van der Waals surface area (Å²) in [6, 6.07) is 14.6. The standard InChI is InChI=1S/C15H13BrN2S/c16-14-6-9-19-15(14)11-17-12-4-3-5-13(10-12)18-7-1-2-8-18/h1-10,17H,11H2. The molecule has 4 heteroatoms.